The van der Waals surface area contributed by atoms with Gasteiger partial charge in [-0.05, 0) is 12.3 Å². The monoisotopic (exact) mass is 213 g/mol. The van der Waals surface area contributed by atoms with Crippen molar-refractivity contribution in [3.8, 4) is 0 Å². The van der Waals surface area contributed by atoms with Crippen LogP contribution in [0.4, 0.5) is 0 Å². The molecule has 0 spiro atoms. The predicted octanol–water partition coefficient (Wildman–Crippen LogP) is 3.51. The molecule has 1 aromatic heterocycles. The fourth-order valence-electron chi connectivity index (χ4n) is 1.63. The van der Waals surface area contributed by atoms with Crippen molar-refractivity contribution in [2.75, 3.05) is 0 Å². The van der Waals surface area contributed by atoms with Gasteiger partial charge in [-0.2, -0.15) is 0 Å². The van der Waals surface area contributed by atoms with Crippen molar-refractivity contribution in [1.82, 2.24) is 4.37 Å². The second-order valence-electron chi connectivity index (χ2n) is 3.87. The number of hydrogen-bond donors (Lipinski definition) is 1. The summed E-state index contributed by atoms with van der Waals surface area (Å²) in [4.78, 5) is 11.3. The summed E-state index contributed by atoms with van der Waals surface area (Å²) in [5.41, 5.74) is 1.07. The van der Waals surface area contributed by atoms with Crippen LogP contribution in [-0.4, -0.2) is 4.37 Å². The zero-order valence-corrected chi connectivity index (χ0v) is 9.82. The topological polar surface area (TPSA) is 32.9 Å². The smallest absolute Gasteiger partial charge is 0.261 e. The molecule has 0 bridgehead atoms. The Bertz CT molecular complexity index is 302. The number of rotatable bonds is 6. The number of hydrogen-bond acceptors (Lipinski definition) is 2. The van der Waals surface area contributed by atoms with Crippen LogP contribution in [0.25, 0.3) is 0 Å². The minimum Gasteiger partial charge on any atom is -0.278 e. The molecule has 0 aliphatic heterocycles. The summed E-state index contributed by atoms with van der Waals surface area (Å²) in [6.45, 7) is 4.36. The number of aromatic amines is 1. The van der Waals surface area contributed by atoms with E-state index in [4.69, 9.17) is 0 Å². The molecule has 1 atom stereocenters. The standard InChI is InChI=1S/C11H19NOS/c1-3-4-5-6-7-9(2)10-8-14-12-11(10)13/h8-9H,3-7H2,1-2H3,(H,12,13). The lowest BCUT2D eigenvalue weighted by Crippen LogP contribution is -2.08. The number of H-pyrrole nitrogens is 1. The first-order chi connectivity index (χ1) is 6.75. The lowest BCUT2D eigenvalue weighted by Gasteiger charge is -2.07. The van der Waals surface area contributed by atoms with Gasteiger partial charge in [0, 0.05) is 10.9 Å². The van der Waals surface area contributed by atoms with Crippen molar-refractivity contribution in [1.29, 1.82) is 0 Å². The van der Waals surface area contributed by atoms with Gasteiger partial charge in [-0.25, -0.2) is 0 Å². The molecule has 2 nitrogen and oxygen atoms in total. The van der Waals surface area contributed by atoms with Crippen LogP contribution in [0.15, 0.2) is 10.2 Å². The molecule has 1 heterocycles. The third-order valence-electron chi connectivity index (χ3n) is 2.62. The van der Waals surface area contributed by atoms with E-state index in [2.05, 4.69) is 18.2 Å². The highest BCUT2D eigenvalue weighted by atomic mass is 32.1. The summed E-state index contributed by atoms with van der Waals surface area (Å²) in [5.74, 6) is 0.418. The Morgan fingerprint density at radius 2 is 2.21 bits per heavy atom. The summed E-state index contributed by atoms with van der Waals surface area (Å²) in [6, 6.07) is 0. The van der Waals surface area contributed by atoms with Crippen molar-refractivity contribution >= 4 is 11.5 Å². The van der Waals surface area contributed by atoms with Crippen LogP contribution in [-0.2, 0) is 0 Å². The van der Waals surface area contributed by atoms with Crippen molar-refractivity contribution in [3.05, 3.63) is 21.3 Å². The van der Waals surface area contributed by atoms with Gasteiger partial charge in [0.2, 0.25) is 0 Å². The largest absolute Gasteiger partial charge is 0.278 e. The third-order valence-corrected chi connectivity index (χ3v) is 3.30. The van der Waals surface area contributed by atoms with Gasteiger partial charge in [0.05, 0.1) is 0 Å². The van der Waals surface area contributed by atoms with Gasteiger partial charge >= 0.3 is 0 Å². The maximum Gasteiger partial charge on any atom is 0.261 e. The van der Waals surface area contributed by atoms with E-state index in [0.717, 1.165) is 12.0 Å². The first-order valence-corrected chi connectivity index (χ1v) is 6.29. The van der Waals surface area contributed by atoms with Gasteiger partial charge in [0.25, 0.3) is 5.56 Å². The van der Waals surface area contributed by atoms with Gasteiger partial charge in [0.15, 0.2) is 0 Å². The summed E-state index contributed by atoms with van der Waals surface area (Å²) in [7, 11) is 0. The lowest BCUT2D eigenvalue weighted by molar-refractivity contribution is 0.578. The van der Waals surface area contributed by atoms with Crippen LogP contribution in [0.5, 0.6) is 0 Å². The molecule has 1 rings (SSSR count). The Balaban J connectivity index is 2.32. The number of nitrogens with one attached hydrogen (secondary N) is 1. The minimum absolute atomic E-state index is 0.109. The van der Waals surface area contributed by atoms with Gasteiger partial charge in [-0.1, -0.05) is 51.1 Å². The first kappa shape index (κ1) is 11.5. The van der Waals surface area contributed by atoms with Crippen LogP contribution in [0.1, 0.15) is 57.4 Å². The molecule has 0 aromatic carbocycles. The second kappa shape index (κ2) is 6.02. The molecule has 1 unspecified atom stereocenters. The van der Waals surface area contributed by atoms with Gasteiger partial charge in [-0.3, -0.25) is 9.17 Å². The van der Waals surface area contributed by atoms with Gasteiger partial charge in [-0.15, -0.1) is 0 Å². The highest BCUT2D eigenvalue weighted by Gasteiger charge is 2.09. The van der Waals surface area contributed by atoms with E-state index in [9.17, 15) is 4.79 Å². The zero-order chi connectivity index (χ0) is 10.4. The Hall–Kier alpha value is -0.570. The SMILES string of the molecule is CCCCCCC(C)c1cs[nH]c1=O. The van der Waals surface area contributed by atoms with E-state index < -0.39 is 0 Å². The summed E-state index contributed by atoms with van der Waals surface area (Å²) < 4.78 is 2.74. The second-order valence-corrected chi connectivity index (χ2v) is 4.55. The quantitative estimate of drug-likeness (QED) is 0.721. The molecule has 1 aromatic rings. The molecule has 80 valence electrons. The Morgan fingerprint density at radius 1 is 1.43 bits per heavy atom. The average molecular weight is 213 g/mol. The molecular formula is C11H19NOS. The molecule has 0 aliphatic rings. The molecule has 0 saturated carbocycles. The van der Waals surface area contributed by atoms with E-state index in [1.807, 2.05) is 5.38 Å². The zero-order valence-electron chi connectivity index (χ0n) is 9.01. The van der Waals surface area contributed by atoms with Gasteiger partial charge in [0.1, 0.15) is 0 Å². The van der Waals surface area contributed by atoms with Crippen molar-refractivity contribution < 1.29 is 0 Å². The minimum atomic E-state index is 0.109. The molecule has 3 heteroatoms. The van der Waals surface area contributed by atoms with Crippen LogP contribution >= 0.6 is 11.5 Å². The normalized spacial score (nSPS) is 13.0. The highest BCUT2D eigenvalue weighted by molar-refractivity contribution is 7.03. The predicted molar refractivity (Wildman–Crippen MR) is 62.1 cm³/mol. The molecule has 0 saturated heterocycles. The Labute approximate surface area is 89.5 Å². The van der Waals surface area contributed by atoms with Crippen LogP contribution < -0.4 is 5.56 Å². The van der Waals surface area contributed by atoms with Gasteiger partial charge < -0.3 is 0 Å². The fraction of sp³-hybridized carbons (Fsp3) is 0.727. The molecule has 0 aliphatic carbocycles. The maximum absolute atomic E-state index is 11.3. The maximum atomic E-state index is 11.3. The van der Waals surface area contributed by atoms with E-state index in [1.54, 1.807) is 0 Å². The molecule has 0 fully saturated rings. The average Bonchev–Trinajstić information content (AvgIpc) is 2.59. The summed E-state index contributed by atoms with van der Waals surface area (Å²) >= 11 is 1.40. The fourth-order valence-corrected chi connectivity index (χ4v) is 2.38. The van der Waals surface area contributed by atoms with Crippen molar-refractivity contribution in [2.24, 2.45) is 0 Å². The summed E-state index contributed by atoms with van der Waals surface area (Å²) in [5, 5.41) is 1.95. The molecular weight excluding hydrogens is 194 g/mol. The molecule has 0 radical (unpaired) electrons. The van der Waals surface area contributed by atoms with Crippen LogP contribution in [0, 0.1) is 0 Å². The summed E-state index contributed by atoms with van der Waals surface area (Å²) in [6.07, 6.45) is 6.26. The first-order valence-electron chi connectivity index (χ1n) is 5.41. The highest BCUT2D eigenvalue weighted by Crippen LogP contribution is 2.19. The number of aromatic nitrogens is 1. The van der Waals surface area contributed by atoms with Crippen molar-refractivity contribution in [3.63, 3.8) is 0 Å². The Morgan fingerprint density at radius 3 is 2.79 bits per heavy atom. The van der Waals surface area contributed by atoms with E-state index in [1.165, 1.54) is 37.2 Å². The molecule has 1 N–H and O–H groups in total. The van der Waals surface area contributed by atoms with Crippen LogP contribution in [0.2, 0.25) is 0 Å². The Kier molecular flexibility index (Phi) is 4.94. The van der Waals surface area contributed by atoms with Crippen LogP contribution in [0.3, 0.4) is 0 Å². The van der Waals surface area contributed by atoms with E-state index in [0.29, 0.717) is 5.92 Å². The van der Waals surface area contributed by atoms with Crippen molar-refractivity contribution in [2.45, 2.75) is 51.9 Å². The molecule has 14 heavy (non-hydrogen) atoms. The van der Waals surface area contributed by atoms with E-state index >= 15 is 0 Å². The number of unbranched alkanes of at least 4 members (excludes halogenated alkanes) is 3. The van der Waals surface area contributed by atoms with E-state index in [-0.39, 0.29) is 5.56 Å². The molecule has 0 amide bonds. The lowest BCUT2D eigenvalue weighted by atomic mass is 9.97. The third kappa shape index (κ3) is 3.29.